The summed E-state index contributed by atoms with van der Waals surface area (Å²) >= 11 is 0. The second kappa shape index (κ2) is 8.83. The summed E-state index contributed by atoms with van der Waals surface area (Å²) in [6.45, 7) is 3.65. The van der Waals surface area contributed by atoms with E-state index in [0.717, 1.165) is 19.3 Å². The number of amides is 2. The Balaban J connectivity index is 1.49. The maximum atomic E-state index is 12.4. The number of anilines is 2. The summed E-state index contributed by atoms with van der Waals surface area (Å²) in [6.07, 6.45) is 3.60. The summed E-state index contributed by atoms with van der Waals surface area (Å²) < 4.78 is 0. The van der Waals surface area contributed by atoms with Gasteiger partial charge in [-0.05, 0) is 60.7 Å². The summed E-state index contributed by atoms with van der Waals surface area (Å²) in [7, 11) is 0. The van der Waals surface area contributed by atoms with Crippen LogP contribution in [0.25, 0.3) is 0 Å². The predicted molar refractivity (Wildman–Crippen MR) is 111 cm³/mol. The number of ketones is 1. The molecule has 0 saturated heterocycles. The summed E-state index contributed by atoms with van der Waals surface area (Å²) in [5.74, 6) is -0.352. The molecular weight excluding hydrogens is 352 g/mol. The van der Waals surface area contributed by atoms with E-state index in [4.69, 9.17) is 0 Å². The first-order valence-electron chi connectivity index (χ1n) is 9.78. The minimum Gasteiger partial charge on any atom is -0.326 e. The lowest BCUT2D eigenvalue weighted by Crippen LogP contribution is -2.17. The van der Waals surface area contributed by atoms with Crippen molar-refractivity contribution < 1.29 is 14.4 Å². The van der Waals surface area contributed by atoms with Crippen LogP contribution in [0, 0.1) is 5.92 Å². The van der Waals surface area contributed by atoms with Gasteiger partial charge in [-0.3, -0.25) is 14.4 Å². The molecule has 5 nitrogen and oxygen atoms in total. The van der Waals surface area contributed by atoms with Crippen molar-refractivity contribution in [2.75, 3.05) is 10.6 Å². The molecule has 28 heavy (non-hydrogen) atoms. The molecule has 0 saturated carbocycles. The van der Waals surface area contributed by atoms with E-state index < -0.39 is 0 Å². The lowest BCUT2D eigenvalue weighted by atomic mass is 10.0. The summed E-state index contributed by atoms with van der Waals surface area (Å²) in [6, 6.07) is 12.8. The van der Waals surface area contributed by atoms with Crippen molar-refractivity contribution in [3.8, 4) is 0 Å². The van der Waals surface area contributed by atoms with Gasteiger partial charge >= 0.3 is 0 Å². The van der Waals surface area contributed by atoms with Gasteiger partial charge in [0.25, 0.3) is 0 Å². The van der Waals surface area contributed by atoms with Crippen LogP contribution in [0.15, 0.2) is 42.5 Å². The Labute approximate surface area is 165 Å². The van der Waals surface area contributed by atoms with Crippen LogP contribution in [-0.2, 0) is 22.4 Å². The smallest absolute Gasteiger partial charge is 0.226 e. The van der Waals surface area contributed by atoms with Gasteiger partial charge in [0, 0.05) is 35.7 Å². The highest BCUT2D eigenvalue weighted by Gasteiger charge is 2.15. The first kappa shape index (κ1) is 19.8. The number of carbonyl (C=O) groups excluding carboxylic acids is 3. The normalized spacial score (nSPS) is 12.5. The zero-order valence-corrected chi connectivity index (χ0v) is 16.4. The van der Waals surface area contributed by atoms with Crippen LogP contribution in [0.2, 0.25) is 0 Å². The third-order valence-corrected chi connectivity index (χ3v) is 4.96. The molecular formula is C23H26N2O3. The van der Waals surface area contributed by atoms with Crippen LogP contribution in [-0.4, -0.2) is 17.6 Å². The molecule has 2 N–H and O–H groups in total. The molecule has 5 heteroatoms. The number of hydrogen-bond acceptors (Lipinski definition) is 3. The summed E-state index contributed by atoms with van der Waals surface area (Å²) in [5, 5.41) is 5.59. The molecule has 0 unspecified atom stereocenters. The van der Waals surface area contributed by atoms with E-state index in [1.807, 2.05) is 32.0 Å². The Morgan fingerprint density at radius 2 is 1.50 bits per heavy atom. The van der Waals surface area contributed by atoms with Crippen LogP contribution in [0.4, 0.5) is 11.4 Å². The van der Waals surface area contributed by atoms with E-state index in [9.17, 15) is 14.4 Å². The number of benzene rings is 2. The highest BCUT2D eigenvalue weighted by atomic mass is 16.2. The quantitative estimate of drug-likeness (QED) is 0.703. The van der Waals surface area contributed by atoms with E-state index >= 15 is 0 Å². The lowest BCUT2D eigenvalue weighted by Gasteiger charge is -2.09. The average molecular weight is 378 g/mol. The van der Waals surface area contributed by atoms with Gasteiger partial charge in [-0.25, -0.2) is 0 Å². The van der Waals surface area contributed by atoms with Crippen molar-refractivity contribution in [1.29, 1.82) is 0 Å². The van der Waals surface area contributed by atoms with Crippen molar-refractivity contribution >= 4 is 29.0 Å². The fourth-order valence-corrected chi connectivity index (χ4v) is 3.26. The number of carbonyl (C=O) groups is 3. The van der Waals surface area contributed by atoms with E-state index in [1.54, 1.807) is 24.3 Å². The van der Waals surface area contributed by atoms with Crippen molar-refractivity contribution in [2.45, 2.75) is 46.0 Å². The molecule has 0 radical (unpaired) electrons. The fourth-order valence-electron chi connectivity index (χ4n) is 3.26. The van der Waals surface area contributed by atoms with Gasteiger partial charge in [-0.15, -0.1) is 0 Å². The Morgan fingerprint density at radius 3 is 2.18 bits per heavy atom. The van der Waals surface area contributed by atoms with E-state index in [-0.39, 0.29) is 36.4 Å². The maximum Gasteiger partial charge on any atom is 0.226 e. The molecule has 0 aromatic heterocycles. The number of Topliss-reactive ketones (excluding diaryl/α,β-unsaturated/α-hetero) is 1. The van der Waals surface area contributed by atoms with Gasteiger partial charge in [-0.1, -0.05) is 26.0 Å². The highest BCUT2D eigenvalue weighted by Crippen LogP contribution is 2.23. The number of rotatable bonds is 7. The SMILES string of the molecule is CC(C)C(=O)Nc1ccc(NC(=O)CCC(=O)c2ccc3c(c2)CCC3)cc1. The van der Waals surface area contributed by atoms with Crippen molar-refractivity contribution in [2.24, 2.45) is 5.92 Å². The molecule has 0 heterocycles. The molecule has 0 atom stereocenters. The molecule has 2 amide bonds. The van der Waals surface area contributed by atoms with Gasteiger partial charge in [0.1, 0.15) is 0 Å². The van der Waals surface area contributed by atoms with Crippen LogP contribution < -0.4 is 10.6 Å². The molecule has 0 aliphatic heterocycles. The Bertz CT molecular complexity index is 885. The lowest BCUT2D eigenvalue weighted by molar-refractivity contribution is -0.119. The van der Waals surface area contributed by atoms with Crippen LogP contribution >= 0.6 is 0 Å². The predicted octanol–water partition coefficient (Wildman–Crippen LogP) is 4.37. The van der Waals surface area contributed by atoms with Gasteiger partial charge in [0.05, 0.1) is 0 Å². The second-order valence-corrected chi connectivity index (χ2v) is 7.53. The third kappa shape index (κ3) is 5.06. The topological polar surface area (TPSA) is 75.3 Å². The van der Waals surface area contributed by atoms with E-state index in [0.29, 0.717) is 16.9 Å². The molecule has 0 fully saturated rings. The minimum absolute atomic E-state index is 0.00315. The first-order valence-corrected chi connectivity index (χ1v) is 9.78. The Morgan fingerprint density at radius 1 is 0.857 bits per heavy atom. The van der Waals surface area contributed by atoms with E-state index in [1.165, 1.54) is 11.1 Å². The van der Waals surface area contributed by atoms with Crippen LogP contribution in [0.5, 0.6) is 0 Å². The highest BCUT2D eigenvalue weighted by molar-refractivity contribution is 6.00. The number of nitrogens with one attached hydrogen (secondary N) is 2. The standard InChI is InChI=1S/C23H26N2O3/c1-15(2)23(28)25-20-10-8-19(9-11-20)24-22(27)13-12-21(26)18-7-6-16-4-3-5-17(16)14-18/h6-11,14-15H,3-5,12-13H2,1-2H3,(H,24,27)(H,25,28). The van der Waals surface area contributed by atoms with Crippen molar-refractivity contribution in [3.63, 3.8) is 0 Å². The largest absolute Gasteiger partial charge is 0.326 e. The van der Waals surface area contributed by atoms with Gasteiger partial charge in [0.2, 0.25) is 11.8 Å². The zero-order chi connectivity index (χ0) is 20.1. The van der Waals surface area contributed by atoms with E-state index in [2.05, 4.69) is 10.6 Å². The molecule has 0 bridgehead atoms. The summed E-state index contributed by atoms with van der Waals surface area (Å²) in [4.78, 5) is 36.2. The summed E-state index contributed by atoms with van der Waals surface area (Å²) in [5.41, 5.74) is 4.61. The minimum atomic E-state index is -0.200. The Hall–Kier alpha value is -2.95. The monoisotopic (exact) mass is 378 g/mol. The molecule has 0 spiro atoms. The molecule has 2 aromatic carbocycles. The first-order chi connectivity index (χ1) is 13.4. The Kier molecular flexibility index (Phi) is 6.24. The number of fused-ring (bicyclic) bond motifs is 1. The van der Waals surface area contributed by atoms with Crippen molar-refractivity contribution in [3.05, 3.63) is 59.2 Å². The zero-order valence-electron chi connectivity index (χ0n) is 16.4. The average Bonchev–Trinajstić information content (AvgIpc) is 3.15. The van der Waals surface area contributed by atoms with Gasteiger partial charge in [0.15, 0.2) is 5.78 Å². The molecule has 2 aromatic rings. The van der Waals surface area contributed by atoms with Crippen LogP contribution in [0.3, 0.4) is 0 Å². The fraction of sp³-hybridized carbons (Fsp3) is 0.348. The number of aryl methyl sites for hydroxylation is 2. The molecule has 146 valence electrons. The molecule has 1 aliphatic rings. The third-order valence-electron chi connectivity index (χ3n) is 4.96. The number of hydrogen-bond donors (Lipinski definition) is 2. The van der Waals surface area contributed by atoms with Crippen LogP contribution in [0.1, 0.15) is 54.6 Å². The van der Waals surface area contributed by atoms with Gasteiger partial charge < -0.3 is 10.6 Å². The van der Waals surface area contributed by atoms with Crippen molar-refractivity contribution in [1.82, 2.24) is 0 Å². The second-order valence-electron chi connectivity index (χ2n) is 7.53. The maximum absolute atomic E-state index is 12.4. The molecule has 1 aliphatic carbocycles. The molecule has 3 rings (SSSR count). The van der Waals surface area contributed by atoms with Gasteiger partial charge in [-0.2, -0.15) is 0 Å².